The predicted molar refractivity (Wildman–Crippen MR) is 97.8 cm³/mol. The molecule has 0 saturated carbocycles. The summed E-state index contributed by atoms with van der Waals surface area (Å²) >= 11 is 6.03. The first-order chi connectivity index (χ1) is 11.5. The number of halogens is 1. The van der Waals surface area contributed by atoms with Gasteiger partial charge in [-0.15, -0.1) is 0 Å². The van der Waals surface area contributed by atoms with Crippen LogP contribution in [0.25, 0.3) is 0 Å². The molecule has 0 radical (unpaired) electrons. The van der Waals surface area contributed by atoms with Crippen LogP contribution in [0, 0.1) is 6.92 Å². The standard InChI is InChI=1S/C18H20ClN3O2/c1-3-20-18(24)13-7-9-14(10-8-13)21-11-17(23)22-16-6-4-5-15(19)12(16)2/h4-10,21H,3,11H2,1-2H3,(H,20,24)(H,22,23). The molecule has 3 N–H and O–H groups in total. The van der Waals surface area contributed by atoms with Crippen molar-refractivity contribution >= 4 is 34.8 Å². The molecule has 0 aliphatic heterocycles. The van der Waals surface area contributed by atoms with Crippen LogP contribution in [0.4, 0.5) is 11.4 Å². The Bertz CT molecular complexity index is 730. The van der Waals surface area contributed by atoms with E-state index in [4.69, 9.17) is 11.6 Å². The van der Waals surface area contributed by atoms with Crippen LogP contribution in [0.3, 0.4) is 0 Å². The van der Waals surface area contributed by atoms with Crippen LogP contribution in [0.1, 0.15) is 22.8 Å². The van der Waals surface area contributed by atoms with Gasteiger partial charge in [-0.25, -0.2) is 0 Å². The van der Waals surface area contributed by atoms with Crippen LogP contribution in [0.5, 0.6) is 0 Å². The number of rotatable bonds is 6. The maximum Gasteiger partial charge on any atom is 0.251 e. The van der Waals surface area contributed by atoms with E-state index in [9.17, 15) is 9.59 Å². The first-order valence-corrected chi connectivity index (χ1v) is 8.06. The lowest BCUT2D eigenvalue weighted by Gasteiger charge is -2.11. The Kier molecular flexibility index (Phi) is 6.21. The number of amides is 2. The van der Waals surface area contributed by atoms with Gasteiger partial charge in [0.1, 0.15) is 0 Å². The highest BCUT2D eigenvalue weighted by Crippen LogP contribution is 2.22. The average Bonchev–Trinajstić information content (AvgIpc) is 2.58. The minimum Gasteiger partial charge on any atom is -0.376 e. The van der Waals surface area contributed by atoms with Crippen LogP contribution in [-0.4, -0.2) is 24.9 Å². The van der Waals surface area contributed by atoms with Crippen LogP contribution < -0.4 is 16.0 Å². The van der Waals surface area contributed by atoms with Crippen LogP contribution in [-0.2, 0) is 4.79 Å². The minimum atomic E-state index is -0.173. The normalized spacial score (nSPS) is 10.1. The van der Waals surface area contributed by atoms with Crippen LogP contribution >= 0.6 is 11.6 Å². The summed E-state index contributed by atoms with van der Waals surface area (Å²) in [6.07, 6.45) is 0. The zero-order valence-electron chi connectivity index (χ0n) is 13.7. The second-order valence-corrected chi connectivity index (χ2v) is 5.66. The second-order valence-electron chi connectivity index (χ2n) is 5.25. The van der Waals surface area contributed by atoms with E-state index in [1.165, 1.54) is 0 Å². The van der Waals surface area contributed by atoms with E-state index in [-0.39, 0.29) is 18.4 Å². The Morgan fingerprint density at radius 1 is 1.08 bits per heavy atom. The highest BCUT2D eigenvalue weighted by atomic mass is 35.5. The highest BCUT2D eigenvalue weighted by Gasteiger charge is 2.07. The van der Waals surface area contributed by atoms with E-state index in [1.807, 2.05) is 13.8 Å². The van der Waals surface area contributed by atoms with Crippen molar-refractivity contribution in [1.82, 2.24) is 5.32 Å². The van der Waals surface area contributed by atoms with Gasteiger partial charge in [0.05, 0.1) is 6.54 Å². The lowest BCUT2D eigenvalue weighted by atomic mass is 10.2. The van der Waals surface area contributed by atoms with Crippen molar-refractivity contribution in [3.63, 3.8) is 0 Å². The molecular formula is C18H20ClN3O2. The molecule has 0 heterocycles. The van der Waals surface area contributed by atoms with Gasteiger partial charge in [0, 0.05) is 28.5 Å². The van der Waals surface area contributed by atoms with Gasteiger partial charge in [-0.2, -0.15) is 0 Å². The summed E-state index contributed by atoms with van der Waals surface area (Å²) in [5.74, 6) is -0.286. The van der Waals surface area contributed by atoms with Gasteiger partial charge >= 0.3 is 0 Å². The molecule has 0 unspecified atom stereocenters. The van der Waals surface area contributed by atoms with Gasteiger partial charge < -0.3 is 16.0 Å². The number of carbonyl (C=O) groups excluding carboxylic acids is 2. The fraction of sp³-hybridized carbons (Fsp3) is 0.222. The largest absolute Gasteiger partial charge is 0.376 e. The average molecular weight is 346 g/mol. The lowest BCUT2D eigenvalue weighted by Crippen LogP contribution is -2.23. The van der Waals surface area contributed by atoms with Gasteiger partial charge in [-0.05, 0) is 55.8 Å². The molecule has 2 aromatic carbocycles. The van der Waals surface area contributed by atoms with Gasteiger partial charge in [0.25, 0.3) is 5.91 Å². The predicted octanol–water partition coefficient (Wildman–Crippen LogP) is 3.45. The van der Waals surface area contributed by atoms with E-state index in [1.54, 1.807) is 42.5 Å². The first-order valence-electron chi connectivity index (χ1n) is 7.68. The van der Waals surface area contributed by atoms with E-state index < -0.39 is 0 Å². The minimum absolute atomic E-state index is 0.113. The van der Waals surface area contributed by atoms with Crippen molar-refractivity contribution in [2.45, 2.75) is 13.8 Å². The molecule has 0 saturated heterocycles. The highest BCUT2D eigenvalue weighted by molar-refractivity contribution is 6.31. The van der Waals surface area contributed by atoms with Gasteiger partial charge in [0.15, 0.2) is 0 Å². The van der Waals surface area contributed by atoms with E-state index in [2.05, 4.69) is 16.0 Å². The molecule has 5 nitrogen and oxygen atoms in total. The first kappa shape index (κ1) is 17.8. The third kappa shape index (κ3) is 4.73. The number of benzene rings is 2. The SMILES string of the molecule is CCNC(=O)c1ccc(NCC(=O)Nc2cccc(Cl)c2C)cc1. The Morgan fingerprint density at radius 2 is 1.79 bits per heavy atom. The molecular weight excluding hydrogens is 326 g/mol. The molecule has 2 amide bonds. The van der Waals surface area contributed by atoms with Gasteiger partial charge in [-0.1, -0.05) is 17.7 Å². The number of carbonyl (C=O) groups is 2. The molecule has 0 aliphatic carbocycles. The molecule has 2 aromatic rings. The molecule has 6 heteroatoms. The summed E-state index contributed by atoms with van der Waals surface area (Å²) in [6, 6.07) is 12.3. The molecule has 0 aromatic heterocycles. The number of hydrogen-bond donors (Lipinski definition) is 3. The number of anilines is 2. The van der Waals surface area contributed by atoms with E-state index >= 15 is 0 Å². The van der Waals surface area contributed by atoms with Crippen molar-refractivity contribution in [3.8, 4) is 0 Å². The zero-order chi connectivity index (χ0) is 17.5. The smallest absolute Gasteiger partial charge is 0.251 e. The fourth-order valence-corrected chi connectivity index (χ4v) is 2.30. The van der Waals surface area contributed by atoms with Crippen molar-refractivity contribution < 1.29 is 9.59 Å². The van der Waals surface area contributed by atoms with Crippen LogP contribution in [0.2, 0.25) is 5.02 Å². The molecule has 0 aliphatic rings. The topological polar surface area (TPSA) is 70.2 Å². The maximum absolute atomic E-state index is 12.0. The van der Waals surface area contributed by atoms with E-state index in [0.717, 1.165) is 11.3 Å². The fourth-order valence-electron chi connectivity index (χ4n) is 2.12. The van der Waals surface area contributed by atoms with Crippen molar-refractivity contribution in [2.75, 3.05) is 23.7 Å². The van der Waals surface area contributed by atoms with Crippen molar-refractivity contribution in [2.24, 2.45) is 0 Å². The Hall–Kier alpha value is -2.53. The number of hydrogen-bond acceptors (Lipinski definition) is 3. The number of nitrogens with one attached hydrogen (secondary N) is 3. The van der Waals surface area contributed by atoms with Gasteiger partial charge in [0.2, 0.25) is 5.91 Å². The molecule has 0 spiro atoms. The summed E-state index contributed by atoms with van der Waals surface area (Å²) in [7, 11) is 0. The Balaban J connectivity index is 1.90. The second kappa shape index (κ2) is 8.36. The lowest BCUT2D eigenvalue weighted by molar-refractivity contribution is -0.114. The third-order valence-corrected chi connectivity index (χ3v) is 3.89. The van der Waals surface area contributed by atoms with Gasteiger partial charge in [-0.3, -0.25) is 9.59 Å². The molecule has 0 atom stereocenters. The molecule has 24 heavy (non-hydrogen) atoms. The Labute approximate surface area is 146 Å². The zero-order valence-corrected chi connectivity index (χ0v) is 14.4. The summed E-state index contributed by atoms with van der Waals surface area (Å²) in [5.41, 5.74) is 2.88. The van der Waals surface area contributed by atoms with E-state index in [0.29, 0.717) is 22.8 Å². The summed E-state index contributed by atoms with van der Waals surface area (Å²) in [4.78, 5) is 23.7. The molecule has 0 fully saturated rings. The quantitative estimate of drug-likeness (QED) is 0.751. The van der Waals surface area contributed by atoms with Crippen molar-refractivity contribution in [1.29, 1.82) is 0 Å². The summed E-state index contributed by atoms with van der Waals surface area (Å²) in [6.45, 7) is 4.42. The summed E-state index contributed by atoms with van der Waals surface area (Å²) < 4.78 is 0. The van der Waals surface area contributed by atoms with Crippen LogP contribution in [0.15, 0.2) is 42.5 Å². The van der Waals surface area contributed by atoms with Crippen molar-refractivity contribution in [3.05, 3.63) is 58.6 Å². The molecule has 2 rings (SSSR count). The Morgan fingerprint density at radius 3 is 2.46 bits per heavy atom. The maximum atomic E-state index is 12.0. The third-order valence-electron chi connectivity index (χ3n) is 3.48. The summed E-state index contributed by atoms with van der Waals surface area (Å²) in [5, 5.41) is 9.18. The molecule has 126 valence electrons. The monoisotopic (exact) mass is 345 g/mol. The molecule has 0 bridgehead atoms.